The molecule has 0 amide bonds. The molecule has 0 atom stereocenters. The lowest BCUT2D eigenvalue weighted by Crippen LogP contribution is -1.91. The van der Waals surface area contributed by atoms with Gasteiger partial charge in [0.15, 0.2) is 5.82 Å². The van der Waals surface area contributed by atoms with Gasteiger partial charge in [-0.15, -0.1) is 0 Å². The summed E-state index contributed by atoms with van der Waals surface area (Å²) < 4.78 is 27.1. The maximum absolute atomic E-state index is 13.8. The first-order chi connectivity index (χ1) is 12.2. The molecule has 0 aliphatic carbocycles. The summed E-state index contributed by atoms with van der Waals surface area (Å²) in [7, 11) is 0. The zero-order valence-electron chi connectivity index (χ0n) is 12.9. The Bertz CT molecular complexity index is 1030. The van der Waals surface area contributed by atoms with Gasteiger partial charge >= 0.3 is 0 Å². The number of H-pyrrole nitrogens is 1. The SMILES string of the molecule is Fc1cccc(-c2ncc(-c3cnc(-c4ccccc4F)[nH]3)cn2)c1. The zero-order chi connectivity index (χ0) is 17.2. The highest BCUT2D eigenvalue weighted by Crippen LogP contribution is 2.24. The maximum atomic E-state index is 13.8. The fourth-order valence-corrected chi connectivity index (χ4v) is 2.50. The van der Waals surface area contributed by atoms with Crippen molar-refractivity contribution >= 4 is 0 Å². The van der Waals surface area contributed by atoms with Crippen molar-refractivity contribution in [2.75, 3.05) is 0 Å². The monoisotopic (exact) mass is 334 g/mol. The Morgan fingerprint density at radius 2 is 1.56 bits per heavy atom. The van der Waals surface area contributed by atoms with Crippen molar-refractivity contribution < 1.29 is 8.78 Å². The first-order valence-corrected chi connectivity index (χ1v) is 7.59. The Labute approximate surface area is 142 Å². The molecule has 0 fully saturated rings. The maximum Gasteiger partial charge on any atom is 0.159 e. The predicted molar refractivity (Wildman–Crippen MR) is 90.4 cm³/mol. The van der Waals surface area contributed by atoms with E-state index in [1.165, 1.54) is 18.2 Å². The number of nitrogens with one attached hydrogen (secondary N) is 1. The third-order valence-electron chi connectivity index (χ3n) is 3.75. The Morgan fingerprint density at radius 3 is 2.32 bits per heavy atom. The molecule has 0 aliphatic rings. The lowest BCUT2D eigenvalue weighted by Gasteiger charge is -2.02. The molecule has 0 radical (unpaired) electrons. The van der Waals surface area contributed by atoms with Crippen LogP contribution in [-0.4, -0.2) is 19.9 Å². The van der Waals surface area contributed by atoms with Gasteiger partial charge in [0.1, 0.15) is 17.5 Å². The number of aromatic amines is 1. The van der Waals surface area contributed by atoms with Crippen LogP contribution in [0.2, 0.25) is 0 Å². The van der Waals surface area contributed by atoms with Crippen LogP contribution >= 0.6 is 0 Å². The zero-order valence-corrected chi connectivity index (χ0v) is 12.9. The molecule has 2 aromatic heterocycles. The fourth-order valence-electron chi connectivity index (χ4n) is 2.50. The lowest BCUT2D eigenvalue weighted by atomic mass is 10.2. The Kier molecular flexibility index (Phi) is 3.78. The summed E-state index contributed by atoms with van der Waals surface area (Å²) in [6.45, 7) is 0. The normalized spacial score (nSPS) is 10.8. The van der Waals surface area contributed by atoms with Crippen LogP contribution in [0.5, 0.6) is 0 Å². The summed E-state index contributed by atoms with van der Waals surface area (Å²) in [6.07, 6.45) is 4.83. The van der Waals surface area contributed by atoms with E-state index in [0.717, 1.165) is 0 Å². The molecule has 25 heavy (non-hydrogen) atoms. The van der Waals surface area contributed by atoms with Crippen molar-refractivity contribution in [2.24, 2.45) is 0 Å². The summed E-state index contributed by atoms with van der Waals surface area (Å²) in [6, 6.07) is 12.5. The van der Waals surface area contributed by atoms with Crippen LogP contribution < -0.4 is 0 Å². The van der Waals surface area contributed by atoms with Crippen LogP contribution in [0.3, 0.4) is 0 Å². The predicted octanol–water partition coefficient (Wildman–Crippen LogP) is 4.48. The van der Waals surface area contributed by atoms with E-state index in [0.29, 0.717) is 34.0 Å². The topological polar surface area (TPSA) is 54.5 Å². The van der Waals surface area contributed by atoms with Gasteiger partial charge in [0.2, 0.25) is 0 Å². The first-order valence-electron chi connectivity index (χ1n) is 7.59. The first kappa shape index (κ1) is 15.1. The second-order valence-electron chi connectivity index (χ2n) is 5.43. The summed E-state index contributed by atoms with van der Waals surface area (Å²) in [5, 5.41) is 0. The third kappa shape index (κ3) is 3.01. The third-order valence-corrected chi connectivity index (χ3v) is 3.75. The number of imidazole rings is 1. The minimum absolute atomic E-state index is 0.340. The minimum Gasteiger partial charge on any atom is -0.338 e. The summed E-state index contributed by atoms with van der Waals surface area (Å²) >= 11 is 0. The van der Waals surface area contributed by atoms with Gasteiger partial charge in [-0.25, -0.2) is 23.7 Å². The lowest BCUT2D eigenvalue weighted by molar-refractivity contribution is 0.628. The van der Waals surface area contributed by atoms with Crippen LogP contribution in [-0.2, 0) is 0 Å². The van der Waals surface area contributed by atoms with Gasteiger partial charge in [-0.2, -0.15) is 0 Å². The second kappa shape index (κ2) is 6.24. The molecule has 0 unspecified atom stereocenters. The van der Waals surface area contributed by atoms with Crippen LogP contribution in [0.4, 0.5) is 8.78 Å². The fraction of sp³-hybridized carbons (Fsp3) is 0. The van der Waals surface area contributed by atoms with Crippen LogP contribution in [0.25, 0.3) is 34.0 Å². The number of aromatic nitrogens is 4. The van der Waals surface area contributed by atoms with Gasteiger partial charge in [0.25, 0.3) is 0 Å². The minimum atomic E-state index is -0.346. The molecular weight excluding hydrogens is 322 g/mol. The Balaban J connectivity index is 1.64. The summed E-state index contributed by atoms with van der Waals surface area (Å²) in [5.74, 6) is 0.175. The van der Waals surface area contributed by atoms with Gasteiger partial charge in [0.05, 0.1) is 17.5 Å². The molecule has 4 nitrogen and oxygen atoms in total. The summed E-state index contributed by atoms with van der Waals surface area (Å²) in [5.41, 5.74) is 2.37. The number of rotatable bonds is 3. The Morgan fingerprint density at radius 1 is 0.760 bits per heavy atom. The van der Waals surface area contributed by atoms with Crippen molar-refractivity contribution in [2.45, 2.75) is 0 Å². The van der Waals surface area contributed by atoms with Crippen LogP contribution in [0.1, 0.15) is 0 Å². The number of hydrogen-bond acceptors (Lipinski definition) is 3. The molecule has 0 aliphatic heterocycles. The van der Waals surface area contributed by atoms with E-state index in [1.807, 2.05) is 0 Å². The number of hydrogen-bond donors (Lipinski definition) is 1. The van der Waals surface area contributed by atoms with Gasteiger partial charge < -0.3 is 4.98 Å². The molecule has 0 spiro atoms. The van der Waals surface area contributed by atoms with E-state index in [1.54, 1.807) is 48.9 Å². The van der Waals surface area contributed by atoms with Gasteiger partial charge in [0, 0.05) is 23.5 Å². The van der Waals surface area contributed by atoms with Crippen LogP contribution in [0, 0.1) is 11.6 Å². The van der Waals surface area contributed by atoms with E-state index in [2.05, 4.69) is 19.9 Å². The van der Waals surface area contributed by atoms with Gasteiger partial charge in [-0.1, -0.05) is 24.3 Å². The molecule has 4 aromatic rings. The molecule has 1 N–H and O–H groups in total. The molecule has 6 heteroatoms. The molecule has 0 bridgehead atoms. The highest BCUT2D eigenvalue weighted by molar-refractivity contribution is 5.64. The van der Waals surface area contributed by atoms with E-state index >= 15 is 0 Å². The smallest absolute Gasteiger partial charge is 0.159 e. The van der Waals surface area contributed by atoms with Crippen LogP contribution in [0.15, 0.2) is 67.1 Å². The van der Waals surface area contributed by atoms with E-state index in [4.69, 9.17) is 0 Å². The van der Waals surface area contributed by atoms with E-state index in [-0.39, 0.29) is 11.6 Å². The van der Waals surface area contributed by atoms with Gasteiger partial charge in [-0.3, -0.25) is 0 Å². The van der Waals surface area contributed by atoms with Crippen molar-refractivity contribution in [3.8, 4) is 34.0 Å². The Hall–Kier alpha value is -3.41. The van der Waals surface area contributed by atoms with E-state index < -0.39 is 0 Å². The molecule has 4 rings (SSSR count). The second-order valence-corrected chi connectivity index (χ2v) is 5.43. The summed E-state index contributed by atoms with van der Waals surface area (Å²) in [4.78, 5) is 15.8. The van der Waals surface area contributed by atoms with Gasteiger partial charge in [-0.05, 0) is 24.3 Å². The average molecular weight is 334 g/mol. The largest absolute Gasteiger partial charge is 0.338 e. The number of nitrogens with zero attached hydrogens (tertiary/aromatic N) is 3. The average Bonchev–Trinajstić information content (AvgIpc) is 3.12. The molecule has 2 heterocycles. The highest BCUT2D eigenvalue weighted by Gasteiger charge is 2.10. The van der Waals surface area contributed by atoms with Crippen molar-refractivity contribution in [3.63, 3.8) is 0 Å². The highest BCUT2D eigenvalue weighted by atomic mass is 19.1. The molecule has 2 aromatic carbocycles. The standard InChI is InChI=1S/C19H12F2N4/c20-14-5-3-4-12(8-14)18-22-9-13(10-23-18)17-11-24-19(25-17)15-6-1-2-7-16(15)21/h1-11H,(H,24,25). The number of halogens is 2. The molecular formula is C19H12F2N4. The molecule has 0 saturated heterocycles. The molecule has 0 saturated carbocycles. The number of benzene rings is 2. The van der Waals surface area contributed by atoms with Crippen molar-refractivity contribution in [1.82, 2.24) is 19.9 Å². The van der Waals surface area contributed by atoms with Crippen molar-refractivity contribution in [1.29, 1.82) is 0 Å². The van der Waals surface area contributed by atoms with Crippen molar-refractivity contribution in [3.05, 3.63) is 78.8 Å². The quantitative estimate of drug-likeness (QED) is 0.601. The van der Waals surface area contributed by atoms with E-state index in [9.17, 15) is 8.78 Å². The molecule has 122 valence electrons.